The van der Waals surface area contributed by atoms with E-state index in [4.69, 9.17) is 17.2 Å². The molecule has 0 aromatic heterocycles. The van der Waals surface area contributed by atoms with Crippen LogP contribution in [-0.4, -0.2) is 124 Å². The van der Waals surface area contributed by atoms with Crippen molar-refractivity contribution in [2.45, 2.75) is 149 Å². The van der Waals surface area contributed by atoms with Gasteiger partial charge in [-0.1, -0.05) is 71.9 Å². The minimum Gasteiger partial charge on any atom is -0.480 e. The first-order valence-corrected chi connectivity index (χ1v) is 21.2. The summed E-state index contributed by atoms with van der Waals surface area (Å²) < 4.78 is 0. The van der Waals surface area contributed by atoms with Gasteiger partial charge in [0.25, 0.3) is 0 Å². The van der Waals surface area contributed by atoms with E-state index < -0.39 is 108 Å². The molecule has 0 saturated heterocycles. The van der Waals surface area contributed by atoms with Crippen molar-refractivity contribution in [2.75, 3.05) is 6.54 Å². The largest absolute Gasteiger partial charge is 0.480 e. The van der Waals surface area contributed by atoms with Crippen molar-refractivity contribution >= 4 is 53.3 Å². The normalized spacial score (nSPS) is 15.5. The standard InChI is InChI=1S/C42H71N11O10/c1-21(2)18-29(50-39(60)32(23(5)6)52-36(57)28(48-34(55)24(7)43)16-13-17-46-42(44)45)37(58)49-30(20-27-14-11-10-12-15-27)38(59)53-33(26(9)54)40(61)47-25(8)35(56)51-31(41(62)63)19-22(3)4/h10-12,14-15,21-26,28-33,54H,13,16-20,43H2,1-9H3,(H,47,61)(H,48,55)(H,49,58)(H,50,60)(H,51,56)(H,52,57)(H,53,59)(H,62,63)(H4,44,45,46)/t24-,25-,26+,28-,29-,30-,31-,32-,33-/m0/s1. The number of guanidine groups is 1. The third-order valence-electron chi connectivity index (χ3n) is 9.63. The Kier molecular flexibility index (Phi) is 23.9. The van der Waals surface area contributed by atoms with Gasteiger partial charge in [0.15, 0.2) is 5.96 Å². The second kappa shape index (κ2) is 27.3. The van der Waals surface area contributed by atoms with Crippen molar-refractivity contribution in [1.82, 2.24) is 37.2 Å². The summed E-state index contributed by atoms with van der Waals surface area (Å²) in [5, 5.41) is 38.1. The molecule has 0 bridgehead atoms. The quantitative estimate of drug-likeness (QED) is 0.0266. The lowest BCUT2D eigenvalue weighted by atomic mass is 9.98. The van der Waals surface area contributed by atoms with Crippen LogP contribution in [0, 0.1) is 17.8 Å². The van der Waals surface area contributed by atoms with Crippen molar-refractivity contribution < 1.29 is 48.6 Å². The molecule has 1 aromatic rings. The zero-order chi connectivity index (χ0) is 48.1. The molecule has 7 amide bonds. The summed E-state index contributed by atoms with van der Waals surface area (Å²) in [4.78, 5) is 110. The predicted molar refractivity (Wildman–Crippen MR) is 236 cm³/mol. The van der Waals surface area contributed by atoms with E-state index in [-0.39, 0.29) is 50.0 Å². The number of carbonyl (C=O) groups excluding carboxylic acids is 7. The summed E-state index contributed by atoms with van der Waals surface area (Å²) in [5.41, 5.74) is 17.1. The van der Waals surface area contributed by atoms with Crippen molar-refractivity contribution in [2.24, 2.45) is 39.9 Å². The van der Waals surface area contributed by atoms with E-state index in [0.717, 1.165) is 0 Å². The number of aliphatic imine (C=N–C) groups is 1. The molecule has 1 rings (SSSR count). The molecule has 0 aliphatic carbocycles. The average Bonchev–Trinajstić information content (AvgIpc) is 3.18. The summed E-state index contributed by atoms with van der Waals surface area (Å²) in [7, 11) is 0. The second-order valence-electron chi connectivity index (χ2n) is 17.0. The minimum atomic E-state index is -1.62. The van der Waals surface area contributed by atoms with Crippen molar-refractivity contribution in [3.8, 4) is 0 Å². The molecular weight excluding hydrogens is 819 g/mol. The monoisotopic (exact) mass is 890 g/mol. The number of hydrogen-bond acceptors (Lipinski definition) is 11. The summed E-state index contributed by atoms with van der Waals surface area (Å²) in [6.07, 6.45) is -0.928. The van der Waals surface area contributed by atoms with Crippen molar-refractivity contribution in [3.05, 3.63) is 35.9 Å². The van der Waals surface area contributed by atoms with E-state index in [1.54, 1.807) is 58.0 Å². The highest BCUT2D eigenvalue weighted by atomic mass is 16.4. The first-order chi connectivity index (χ1) is 29.3. The maximum absolute atomic E-state index is 14.1. The Morgan fingerprint density at radius 2 is 1.06 bits per heavy atom. The lowest BCUT2D eigenvalue weighted by Crippen LogP contribution is -2.62. The van der Waals surface area contributed by atoms with E-state index in [1.807, 2.05) is 13.8 Å². The fourth-order valence-electron chi connectivity index (χ4n) is 6.18. The SMILES string of the molecule is CC(C)C[C@H](NC(=O)[C@H](C)NC(=O)[C@@H](NC(=O)[C@H](Cc1ccccc1)NC(=O)[C@H](CC(C)C)NC(=O)[C@@H](NC(=O)[C@H](CCCN=C(N)N)NC(=O)[C@H](C)N)C(C)C)[C@@H](C)O)C(=O)O. The zero-order valence-corrected chi connectivity index (χ0v) is 37.9. The molecule has 0 spiro atoms. The fourth-order valence-corrected chi connectivity index (χ4v) is 6.18. The van der Waals surface area contributed by atoms with Crippen LogP contribution in [0.1, 0.15) is 93.6 Å². The van der Waals surface area contributed by atoms with E-state index in [0.29, 0.717) is 12.0 Å². The molecule has 0 radical (unpaired) electrons. The molecule has 9 atom stereocenters. The molecular formula is C42H71N11O10. The maximum atomic E-state index is 14.1. The third-order valence-corrected chi connectivity index (χ3v) is 9.63. The van der Waals surface area contributed by atoms with E-state index in [1.165, 1.54) is 20.8 Å². The molecule has 0 heterocycles. The van der Waals surface area contributed by atoms with Gasteiger partial charge in [-0.05, 0) is 69.8 Å². The topological polar surface area (TPSA) is 352 Å². The molecule has 1 aromatic carbocycles. The predicted octanol–water partition coefficient (Wildman–Crippen LogP) is -1.74. The van der Waals surface area contributed by atoms with Crippen molar-refractivity contribution in [1.29, 1.82) is 0 Å². The van der Waals surface area contributed by atoms with Gasteiger partial charge < -0.3 is 64.6 Å². The number of nitrogens with zero attached hydrogens (tertiary/aromatic N) is 1. The highest BCUT2D eigenvalue weighted by molar-refractivity contribution is 5.97. The number of amides is 7. The Labute approximate surface area is 369 Å². The molecule has 0 aliphatic rings. The number of aliphatic hydroxyl groups excluding tert-OH is 1. The number of rotatable bonds is 27. The second-order valence-corrected chi connectivity index (χ2v) is 17.0. The molecule has 21 nitrogen and oxygen atoms in total. The van der Waals surface area contributed by atoms with Gasteiger partial charge in [-0.2, -0.15) is 0 Å². The molecule has 0 saturated carbocycles. The lowest BCUT2D eigenvalue weighted by molar-refractivity contribution is -0.142. The number of benzene rings is 1. The summed E-state index contributed by atoms with van der Waals surface area (Å²) in [6, 6.07) is -1.29. The maximum Gasteiger partial charge on any atom is 0.326 e. The lowest BCUT2D eigenvalue weighted by Gasteiger charge is -2.29. The molecule has 0 unspecified atom stereocenters. The van der Waals surface area contributed by atoms with Gasteiger partial charge in [-0.15, -0.1) is 0 Å². The van der Waals surface area contributed by atoms with Crippen LogP contribution in [0.3, 0.4) is 0 Å². The van der Waals surface area contributed by atoms with Gasteiger partial charge in [0, 0.05) is 13.0 Å². The minimum absolute atomic E-state index is 0.0577. The number of carboxylic acids is 1. The Morgan fingerprint density at radius 3 is 1.57 bits per heavy atom. The number of nitrogens with two attached hydrogens (primary N) is 3. The molecule has 0 aliphatic heterocycles. The molecule has 0 fully saturated rings. The van der Waals surface area contributed by atoms with Crippen LogP contribution in [0.2, 0.25) is 0 Å². The van der Waals surface area contributed by atoms with Crippen molar-refractivity contribution in [3.63, 3.8) is 0 Å². The van der Waals surface area contributed by atoms with Gasteiger partial charge in [0.05, 0.1) is 12.1 Å². The summed E-state index contributed by atoms with van der Waals surface area (Å²) >= 11 is 0. The first kappa shape index (κ1) is 55.2. The molecule has 15 N–H and O–H groups in total. The smallest absolute Gasteiger partial charge is 0.326 e. The van der Waals surface area contributed by atoms with Crippen LogP contribution in [0.5, 0.6) is 0 Å². The van der Waals surface area contributed by atoms with Gasteiger partial charge in [-0.25, -0.2) is 4.79 Å². The average molecular weight is 890 g/mol. The van der Waals surface area contributed by atoms with E-state index in [9.17, 15) is 48.6 Å². The zero-order valence-electron chi connectivity index (χ0n) is 37.9. The molecule has 354 valence electrons. The molecule has 63 heavy (non-hydrogen) atoms. The number of nitrogens with one attached hydrogen (secondary N) is 7. The number of hydrogen-bond donors (Lipinski definition) is 12. The van der Waals surface area contributed by atoms with E-state index in [2.05, 4.69) is 42.2 Å². The van der Waals surface area contributed by atoms with Gasteiger partial charge >= 0.3 is 5.97 Å². The Morgan fingerprint density at radius 1 is 0.587 bits per heavy atom. The number of aliphatic carboxylic acids is 1. The number of carbonyl (C=O) groups is 8. The number of carboxylic acid groups (broad SMARTS) is 1. The van der Waals surface area contributed by atoms with Gasteiger partial charge in [0.1, 0.15) is 42.3 Å². The van der Waals surface area contributed by atoms with Crippen LogP contribution in [0.15, 0.2) is 35.3 Å². The van der Waals surface area contributed by atoms with Gasteiger partial charge in [-0.3, -0.25) is 38.6 Å². The summed E-state index contributed by atoms with van der Waals surface area (Å²) in [5.74, 6) is -7.52. The Hall–Kier alpha value is -5.83. The highest BCUT2D eigenvalue weighted by Crippen LogP contribution is 2.12. The van der Waals surface area contributed by atoms with Gasteiger partial charge in [0.2, 0.25) is 41.4 Å². The highest BCUT2D eigenvalue weighted by Gasteiger charge is 2.36. The molecule has 21 heteroatoms. The third kappa shape index (κ3) is 20.7. The number of aliphatic hydroxyl groups is 1. The van der Waals surface area contributed by atoms with Crippen LogP contribution in [0.25, 0.3) is 0 Å². The Bertz CT molecular complexity index is 1720. The van der Waals surface area contributed by atoms with E-state index >= 15 is 0 Å². The fraction of sp³-hybridized carbons (Fsp3) is 0.643. The van der Waals surface area contributed by atoms with Crippen LogP contribution < -0.4 is 54.4 Å². The van der Waals surface area contributed by atoms with Crippen LogP contribution in [-0.2, 0) is 44.8 Å². The Balaban J connectivity index is 3.36. The van der Waals surface area contributed by atoms with Crippen LogP contribution >= 0.6 is 0 Å². The summed E-state index contributed by atoms with van der Waals surface area (Å²) in [6.45, 7) is 14.7. The van der Waals surface area contributed by atoms with Crippen LogP contribution in [0.4, 0.5) is 0 Å². The first-order valence-electron chi connectivity index (χ1n) is 21.2.